The Balaban J connectivity index is 2.16. The van der Waals surface area contributed by atoms with Crippen LogP contribution in [0.1, 0.15) is 35.3 Å². The normalized spacial score (nSPS) is 12.5. The maximum Gasteiger partial charge on any atom is 0.122 e. The number of pyridine rings is 1. The third-order valence-electron chi connectivity index (χ3n) is 4.27. The van der Waals surface area contributed by atoms with E-state index < -0.39 is 0 Å². The molecule has 0 radical (unpaired) electrons. The topological polar surface area (TPSA) is 25.4 Å². The summed E-state index contributed by atoms with van der Waals surface area (Å²) in [5.74, 6) is 0.955. The van der Waals surface area contributed by atoms with E-state index in [1.165, 1.54) is 16.7 Å². The van der Waals surface area contributed by atoms with Crippen molar-refractivity contribution in [3.8, 4) is 5.75 Å². The monoisotopic (exact) mass is 284 g/mol. The number of aromatic nitrogens is 1. The second kappa shape index (κ2) is 6.72. The summed E-state index contributed by atoms with van der Waals surface area (Å²) in [6.07, 6.45) is 1.85. The molecule has 0 N–H and O–H groups in total. The third kappa shape index (κ3) is 3.42. The van der Waals surface area contributed by atoms with E-state index in [4.69, 9.17) is 4.74 Å². The second-order valence-corrected chi connectivity index (χ2v) is 5.52. The Morgan fingerprint density at radius 3 is 2.52 bits per heavy atom. The van der Waals surface area contributed by atoms with Crippen LogP contribution < -0.4 is 4.74 Å². The summed E-state index contributed by atoms with van der Waals surface area (Å²) in [6, 6.07) is 10.6. The van der Waals surface area contributed by atoms with Crippen LogP contribution in [0.25, 0.3) is 0 Å². The zero-order valence-corrected chi connectivity index (χ0v) is 13.6. The van der Waals surface area contributed by atoms with Crippen LogP contribution in [-0.2, 0) is 6.54 Å². The second-order valence-electron chi connectivity index (χ2n) is 5.52. The number of nitrogens with zero attached hydrogens (tertiary/aromatic N) is 2. The fourth-order valence-electron chi connectivity index (χ4n) is 2.50. The lowest BCUT2D eigenvalue weighted by molar-refractivity contribution is 0.248. The molecule has 0 amide bonds. The molecule has 2 rings (SSSR count). The van der Waals surface area contributed by atoms with Crippen molar-refractivity contribution in [2.24, 2.45) is 0 Å². The first-order valence-electron chi connectivity index (χ1n) is 7.28. The van der Waals surface area contributed by atoms with Crippen LogP contribution >= 0.6 is 0 Å². The maximum atomic E-state index is 5.38. The highest BCUT2D eigenvalue weighted by Crippen LogP contribution is 2.26. The summed E-state index contributed by atoms with van der Waals surface area (Å²) in [4.78, 5) is 6.76. The van der Waals surface area contributed by atoms with Gasteiger partial charge in [-0.3, -0.25) is 9.88 Å². The van der Waals surface area contributed by atoms with Crippen molar-refractivity contribution in [1.29, 1.82) is 0 Å². The van der Waals surface area contributed by atoms with Crippen molar-refractivity contribution >= 4 is 0 Å². The highest BCUT2D eigenvalue weighted by atomic mass is 16.5. The van der Waals surface area contributed by atoms with E-state index in [9.17, 15) is 0 Å². The highest BCUT2D eigenvalue weighted by Gasteiger charge is 2.15. The number of methoxy groups -OCH3 is 1. The minimum Gasteiger partial charge on any atom is -0.496 e. The predicted molar refractivity (Wildman–Crippen MR) is 86.6 cm³/mol. The predicted octanol–water partition coefficient (Wildman–Crippen LogP) is 3.90. The van der Waals surface area contributed by atoms with Crippen molar-refractivity contribution < 1.29 is 4.74 Å². The van der Waals surface area contributed by atoms with Gasteiger partial charge in [0.25, 0.3) is 0 Å². The molecule has 1 aromatic carbocycles. The summed E-state index contributed by atoms with van der Waals surface area (Å²) in [5, 5.41) is 0. The Morgan fingerprint density at radius 2 is 1.90 bits per heavy atom. The van der Waals surface area contributed by atoms with E-state index in [0.29, 0.717) is 0 Å². The van der Waals surface area contributed by atoms with Gasteiger partial charge in [-0.1, -0.05) is 12.1 Å². The smallest absolute Gasteiger partial charge is 0.122 e. The van der Waals surface area contributed by atoms with E-state index in [1.54, 1.807) is 7.11 Å². The Morgan fingerprint density at radius 1 is 1.14 bits per heavy atom. The number of rotatable bonds is 5. The molecule has 0 saturated carbocycles. The molecular weight excluding hydrogens is 260 g/mol. The lowest BCUT2D eigenvalue weighted by atomic mass is 10.0. The number of ether oxygens (including phenoxy) is 1. The fourth-order valence-corrected chi connectivity index (χ4v) is 2.50. The van der Waals surface area contributed by atoms with Crippen LogP contribution in [0, 0.1) is 13.8 Å². The van der Waals surface area contributed by atoms with Crippen LogP contribution in [-0.4, -0.2) is 24.0 Å². The summed E-state index contributed by atoms with van der Waals surface area (Å²) in [5.41, 5.74) is 4.95. The van der Waals surface area contributed by atoms with Crippen molar-refractivity contribution in [1.82, 2.24) is 9.88 Å². The van der Waals surface area contributed by atoms with Crippen LogP contribution in [0.2, 0.25) is 0 Å². The van der Waals surface area contributed by atoms with Gasteiger partial charge in [-0.05, 0) is 62.7 Å². The molecule has 1 atom stereocenters. The minimum absolute atomic E-state index is 0.285. The summed E-state index contributed by atoms with van der Waals surface area (Å²) >= 11 is 0. The SMILES string of the molecule is COc1ccc(CN(C)[C@@H](C)c2ccccn2)c(C)c1C. The quantitative estimate of drug-likeness (QED) is 0.832. The first kappa shape index (κ1) is 15.5. The molecule has 0 aliphatic rings. The lowest BCUT2D eigenvalue weighted by Gasteiger charge is -2.25. The van der Waals surface area contributed by atoms with Gasteiger partial charge >= 0.3 is 0 Å². The van der Waals surface area contributed by atoms with Crippen LogP contribution in [0.5, 0.6) is 5.75 Å². The number of hydrogen-bond acceptors (Lipinski definition) is 3. The van der Waals surface area contributed by atoms with Gasteiger partial charge in [0.1, 0.15) is 5.75 Å². The molecule has 0 spiro atoms. The molecular formula is C18H24N2O. The Bertz CT molecular complexity index is 596. The minimum atomic E-state index is 0.285. The van der Waals surface area contributed by atoms with Gasteiger partial charge in [0.2, 0.25) is 0 Å². The zero-order chi connectivity index (χ0) is 15.4. The lowest BCUT2D eigenvalue weighted by Crippen LogP contribution is -2.23. The van der Waals surface area contributed by atoms with Crippen molar-refractivity contribution in [2.45, 2.75) is 33.4 Å². The summed E-state index contributed by atoms with van der Waals surface area (Å²) in [6.45, 7) is 7.36. The molecule has 0 unspecified atom stereocenters. The molecule has 2 aromatic rings. The highest BCUT2D eigenvalue weighted by molar-refractivity contribution is 5.43. The molecule has 3 heteroatoms. The largest absolute Gasteiger partial charge is 0.496 e. The van der Waals surface area contributed by atoms with Crippen molar-refractivity contribution in [3.63, 3.8) is 0 Å². The third-order valence-corrected chi connectivity index (χ3v) is 4.27. The first-order chi connectivity index (χ1) is 10.0. The molecule has 0 aliphatic carbocycles. The first-order valence-corrected chi connectivity index (χ1v) is 7.28. The molecule has 1 heterocycles. The van der Waals surface area contributed by atoms with Gasteiger partial charge in [0.05, 0.1) is 12.8 Å². The molecule has 0 aliphatic heterocycles. The average molecular weight is 284 g/mol. The summed E-state index contributed by atoms with van der Waals surface area (Å²) in [7, 11) is 3.86. The van der Waals surface area contributed by atoms with Gasteiger partial charge in [0.15, 0.2) is 0 Å². The Kier molecular flexibility index (Phi) is 4.97. The number of benzene rings is 1. The molecule has 112 valence electrons. The van der Waals surface area contributed by atoms with E-state index in [2.05, 4.69) is 55.9 Å². The van der Waals surface area contributed by atoms with Crippen LogP contribution in [0.3, 0.4) is 0 Å². The van der Waals surface area contributed by atoms with E-state index in [-0.39, 0.29) is 6.04 Å². The Hall–Kier alpha value is -1.87. The average Bonchev–Trinajstić information content (AvgIpc) is 2.52. The van der Waals surface area contributed by atoms with E-state index >= 15 is 0 Å². The molecule has 0 fully saturated rings. The molecule has 1 aromatic heterocycles. The zero-order valence-electron chi connectivity index (χ0n) is 13.6. The van der Waals surface area contributed by atoms with Gasteiger partial charge in [-0.25, -0.2) is 0 Å². The Labute approximate surface area is 127 Å². The van der Waals surface area contributed by atoms with E-state index in [1.807, 2.05) is 18.3 Å². The van der Waals surface area contributed by atoms with Crippen molar-refractivity contribution in [2.75, 3.05) is 14.2 Å². The van der Waals surface area contributed by atoms with Gasteiger partial charge in [-0.2, -0.15) is 0 Å². The summed E-state index contributed by atoms with van der Waals surface area (Å²) < 4.78 is 5.38. The van der Waals surface area contributed by atoms with Gasteiger partial charge in [-0.15, -0.1) is 0 Å². The number of hydrogen-bond donors (Lipinski definition) is 0. The fraction of sp³-hybridized carbons (Fsp3) is 0.389. The van der Waals surface area contributed by atoms with Gasteiger partial charge in [0, 0.05) is 18.8 Å². The molecule has 0 bridgehead atoms. The van der Waals surface area contributed by atoms with Crippen LogP contribution in [0.4, 0.5) is 0 Å². The van der Waals surface area contributed by atoms with Gasteiger partial charge < -0.3 is 4.74 Å². The molecule has 3 nitrogen and oxygen atoms in total. The molecule has 21 heavy (non-hydrogen) atoms. The van der Waals surface area contributed by atoms with Crippen LogP contribution in [0.15, 0.2) is 36.5 Å². The maximum absolute atomic E-state index is 5.38. The standard InChI is InChI=1S/C18H24N2O/c1-13-14(2)18(21-5)10-9-16(13)12-20(4)15(3)17-8-6-7-11-19-17/h6-11,15H,12H2,1-5H3/t15-/m0/s1. The van der Waals surface area contributed by atoms with Crippen molar-refractivity contribution in [3.05, 3.63) is 58.9 Å². The molecule has 0 saturated heterocycles. The van der Waals surface area contributed by atoms with E-state index in [0.717, 1.165) is 18.0 Å².